The lowest BCUT2D eigenvalue weighted by atomic mass is 10.1. The molecular formula is C11H21N. The van der Waals surface area contributed by atoms with Gasteiger partial charge in [-0.15, -0.1) is 13.2 Å². The monoisotopic (exact) mass is 167 g/mol. The van der Waals surface area contributed by atoms with E-state index in [4.69, 9.17) is 0 Å². The molecule has 70 valence electrons. The molecule has 0 bridgehead atoms. The Morgan fingerprint density at radius 1 is 1.25 bits per heavy atom. The second-order valence-corrected chi connectivity index (χ2v) is 3.22. The van der Waals surface area contributed by atoms with E-state index < -0.39 is 0 Å². The van der Waals surface area contributed by atoms with Crippen molar-refractivity contribution in [2.75, 3.05) is 0 Å². The highest BCUT2D eigenvalue weighted by Gasteiger charge is 2.06. The van der Waals surface area contributed by atoms with Crippen molar-refractivity contribution in [1.82, 2.24) is 5.32 Å². The van der Waals surface area contributed by atoms with Crippen LogP contribution in [0.4, 0.5) is 0 Å². The van der Waals surface area contributed by atoms with Gasteiger partial charge in [-0.3, -0.25) is 0 Å². The summed E-state index contributed by atoms with van der Waals surface area (Å²) in [7, 11) is 0. The molecule has 0 aliphatic heterocycles. The summed E-state index contributed by atoms with van der Waals surface area (Å²) in [5, 5.41) is 3.53. The molecule has 12 heavy (non-hydrogen) atoms. The van der Waals surface area contributed by atoms with Gasteiger partial charge in [0.15, 0.2) is 0 Å². The maximum absolute atomic E-state index is 3.74. The van der Waals surface area contributed by atoms with Crippen LogP contribution in [0, 0.1) is 0 Å². The summed E-state index contributed by atoms with van der Waals surface area (Å²) in [5.74, 6) is 0. The lowest BCUT2D eigenvalue weighted by Crippen LogP contribution is -2.35. The first kappa shape index (κ1) is 11.4. The zero-order valence-electron chi connectivity index (χ0n) is 8.34. The first-order chi connectivity index (χ1) is 5.74. The minimum Gasteiger partial charge on any atom is -0.311 e. The smallest absolute Gasteiger partial charge is 0.0101 e. The fourth-order valence-corrected chi connectivity index (χ4v) is 1.27. The van der Waals surface area contributed by atoms with Gasteiger partial charge < -0.3 is 5.32 Å². The topological polar surface area (TPSA) is 12.0 Å². The van der Waals surface area contributed by atoms with Crippen LogP contribution < -0.4 is 5.32 Å². The molecule has 0 rings (SSSR count). The van der Waals surface area contributed by atoms with E-state index in [0.29, 0.717) is 12.1 Å². The van der Waals surface area contributed by atoms with E-state index in [0.717, 1.165) is 19.3 Å². The molecular weight excluding hydrogens is 146 g/mol. The van der Waals surface area contributed by atoms with E-state index in [-0.39, 0.29) is 0 Å². The second-order valence-electron chi connectivity index (χ2n) is 3.22. The summed E-state index contributed by atoms with van der Waals surface area (Å²) in [4.78, 5) is 0. The highest BCUT2D eigenvalue weighted by Crippen LogP contribution is 2.01. The molecule has 0 saturated heterocycles. The van der Waals surface area contributed by atoms with Crippen molar-refractivity contribution in [2.45, 2.75) is 45.2 Å². The summed E-state index contributed by atoms with van der Waals surface area (Å²) in [6, 6.07) is 1.12. The largest absolute Gasteiger partial charge is 0.311 e. The van der Waals surface area contributed by atoms with Crippen molar-refractivity contribution in [3.05, 3.63) is 25.3 Å². The van der Waals surface area contributed by atoms with Crippen LogP contribution in [0.2, 0.25) is 0 Å². The SMILES string of the molecule is C=CCC(C)NC(CC)CC=C. The van der Waals surface area contributed by atoms with E-state index in [9.17, 15) is 0 Å². The van der Waals surface area contributed by atoms with Crippen LogP contribution >= 0.6 is 0 Å². The molecule has 0 aromatic heterocycles. The van der Waals surface area contributed by atoms with E-state index in [2.05, 4.69) is 32.3 Å². The van der Waals surface area contributed by atoms with Crippen molar-refractivity contribution in [3.63, 3.8) is 0 Å². The third kappa shape index (κ3) is 5.14. The standard InChI is InChI=1S/C11H21N/c1-5-8-10(4)12-11(7-3)9-6-2/h5-6,10-12H,1-2,7-9H2,3-4H3. The van der Waals surface area contributed by atoms with Gasteiger partial charge in [-0.05, 0) is 26.2 Å². The minimum atomic E-state index is 0.535. The Hall–Kier alpha value is -0.560. The van der Waals surface area contributed by atoms with Crippen LogP contribution in [0.3, 0.4) is 0 Å². The normalized spacial score (nSPS) is 15.2. The van der Waals surface area contributed by atoms with Crippen LogP contribution in [0.15, 0.2) is 25.3 Å². The van der Waals surface area contributed by atoms with Crippen molar-refractivity contribution < 1.29 is 0 Å². The van der Waals surface area contributed by atoms with Gasteiger partial charge in [0, 0.05) is 12.1 Å². The summed E-state index contributed by atoms with van der Waals surface area (Å²) >= 11 is 0. The van der Waals surface area contributed by atoms with Gasteiger partial charge in [0.05, 0.1) is 0 Å². The molecule has 2 unspecified atom stereocenters. The zero-order valence-corrected chi connectivity index (χ0v) is 8.34. The highest BCUT2D eigenvalue weighted by atomic mass is 14.9. The summed E-state index contributed by atoms with van der Waals surface area (Å²) < 4.78 is 0. The molecule has 1 heteroatoms. The first-order valence-electron chi connectivity index (χ1n) is 4.72. The second kappa shape index (κ2) is 7.11. The number of nitrogens with one attached hydrogen (secondary N) is 1. The third-order valence-corrected chi connectivity index (χ3v) is 1.98. The molecule has 0 aromatic rings. The van der Waals surface area contributed by atoms with Gasteiger partial charge in [0.2, 0.25) is 0 Å². The van der Waals surface area contributed by atoms with Crippen molar-refractivity contribution >= 4 is 0 Å². The zero-order chi connectivity index (χ0) is 9.40. The maximum atomic E-state index is 3.74. The predicted octanol–water partition coefficient (Wildman–Crippen LogP) is 2.90. The quantitative estimate of drug-likeness (QED) is 0.575. The van der Waals surface area contributed by atoms with Crippen LogP contribution in [0.1, 0.15) is 33.1 Å². The van der Waals surface area contributed by atoms with Crippen molar-refractivity contribution in [1.29, 1.82) is 0 Å². The van der Waals surface area contributed by atoms with Crippen LogP contribution in [-0.4, -0.2) is 12.1 Å². The summed E-state index contributed by atoms with van der Waals surface area (Å²) in [6.07, 6.45) is 7.18. The van der Waals surface area contributed by atoms with Crippen molar-refractivity contribution in [2.24, 2.45) is 0 Å². The molecule has 0 aromatic carbocycles. The molecule has 0 aliphatic carbocycles. The van der Waals surface area contributed by atoms with E-state index in [1.807, 2.05) is 12.2 Å². The molecule has 1 N–H and O–H groups in total. The van der Waals surface area contributed by atoms with Gasteiger partial charge in [-0.2, -0.15) is 0 Å². The predicted molar refractivity (Wildman–Crippen MR) is 56.3 cm³/mol. The van der Waals surface area contributed by atoms with Crippen LogP contribution in [0.25, 0.3) is 0 Å². The molecule has 0 fully saturated rings. The van der Waals surface area contributed by atoms with Crippen LogP contribution in [0.5, 0.6) is 0 Å². The Bertz CT molecular complexity index is 129. The Kier molecular flexibility index (Phi) is 6.78. The average molecular weight is 167 g/mol. The average Bonchev–Trinajstić information content (AvgIpc) is 2.04. The highest BCUT2D eigenvalue weighted by molar-refractivity contribution is 4.82. The minimum absolute atomic E-state index is 0.535. The Labute approximate surface area is 76.6 Å². The molecule has 0 amide bonds. The van der Waals surface area contributed by atoms with Crippen LogP contribution in [-0.2, 0) is 0 Å². The molecule has 0 radical (unpaired) electrons. The fourth-order valence-electron chi connectivity index (χ4n) is 1.27. The molecule has 0 aliphatic rings. The number of hydrogen-bond donors (Lipinski definition) is 1. The van der Waals surface area contributed by atoms with Gasteiger partial charge >= 0.3 is 0 Å². The summed E-state index contributed by atoms with van der Waals surface area (Å²) in [5.41, 5.74) is 0. The molecule has 0 spiro atoms. The molecule has 0 heterocycles. The molecule has 2 atom stereocenters. The maximum Gasteiger partial charge on any atom is 0.0101 e. The molecule has 1 nitrogen and oxygen atoms in total. The first-order valence-corrected chi connectivity index (χ1v) is 4.72. The molecule has 0 saturated carbocycles. The Morgan fingerprint density at radius 3 is 2.25 bits per heavy atom. The summed E-state index contributed by atoms with van der Waals surface area (Å²) in [6.45, 7) is 11.8. The van der Waals surface area contributed by atoms with E-state index in [1.165, 1.54) is 0 Å². The van der Waals surface area contributed by atoms with Gasteiger partial charge in [0.1, 0.15) is 0 Å². The fraction of sp³-hybridized carbons (Fsp3) is 0.636. The third-order valence-electron chi connectivity index (χ3n) is 1.98. The van der Waals surface area contributed by atoms with Gasteiger partial charge in [-0.25, -0.2) is 0 Å². The van der Waals surface area contributed by atoms with E-state index in [1.54, 1.807) is 0 Å². The van der Waals surface area contributed by atoms with Gasteiger partial charge in [-0.1, -0.05) is 19.1 Å². The number of hydrogen-bond acceptors (Lipinski definition) is 1. The lowest BCUT2D eigenvalue weighted by Gasteiger charge is -2.19. The number of rotatable bonds is 7. The van der Waals surface area contributed by atoms with E-state index >= 15 is 0 Å². The lowest BCUT2D eigenvalue weighted by molar-refractivity contribution is 0.438. The Morgan fingerprint density at radius 2 is 1.83 bits per heavy atom. The Balaban J connectivity index is 3.67. The van der Waals surface area contributed by atoms with Crippen molar-refractivity contribution in [3.8, 4) is 0 Å². The van der Waals surface area contributed by atoms with Gasteiger partial charge in [0.25, 0.3) is 0 Å².